The molecular weight excluding hydrogens is 633 g/mol. The third-order valence-electron chi connectivity index (χ3n) is 11.4. The van der Waals surface area contributed by atoms with E-state index in [4.69, 9.17) is 0 Å². The molecule has 2 aliphatic rings. The van der Waals surface area contributed by atoms with Crippen LogP contribution >= 0.6 is 0 Å². The highest BCUT2D eigenvalue weighted by Crippen LogP contribution is 2.48. The quantitative estimate of drug-likeness (QED) is 0.124. The van der Waals surface area contributed by atoms with E-state index in [1.54, 1.807) is 0 Å². The Hall–Kier alpha value is -3.46. The summed E-state index contributed by atoms with van der Waals surface area (Å²) < 4.78 is 0. The highest BCUT2D eigenvalue weighted by molar-refractivity contribution is 5.40. The van der Waals surface area contributed by atoms with Crippen LogP contribution in [-0.4, -0.2) is 23.4 Å². The molecule has 2 heteroatoms. The van der Waals surface area contributed by atoms with Gasteiger partial charge in [-0.25, -0.2) is 0 Å². The van der Waals surface area contributed by atoms with E-state index in [9.17, 15) is 10.2 Å². The molecule has 0 aromatic rings. The summed E-state index contributed by atoms with van der Waals surface area (Å²) in [6.45, 7) is 27.0. The van der Waals surface area contributed by atoms with Gasteiger partial charge in [0.25, 0.3) is 0 Å². The normalized spacial score (nSPS) is 23.3. The van der Waals surface area contributed by atoms with Gasteiger partial charge in [0.15, 0.2) is 0 Å². The fraction of sp³-hybridized carbons (Fsp3) is 0.480. The Morgan fingerprint density at radius 3 is 1.21 bits per heavy atom. The number of allylic oxidation sites excluding steroid dienone is 24. The molecule has 2 aliphatic carbocycles. The lowest BCUT2D eigenvalue weighted by atomic mass is 9.64. The van der Waals surface area contributed by atoms with Crippen molar-refractivity contribution in [3.63, 3.8) is 0 Å². The molecule has 0 saturated heterocycles. The van der Waals surface area contributed by atoms with Gasteiger partial charge in [0.05, 0.1) is 13.2 Å². The van der Waals surface area contributed by atoms with Crippen molar-refractivity contribution in [1.29, 1.82) is 0 Å². The molecule has 0 bridgehead atoms. The van der Waals surface area contributed by atoms with E-state index in [0.29, 0.717) is 11.8 Å². The Morgan fingerprint density at radius 1 is 0.538 bits per heavy atom. The topological polar surface area (TPSA) is 40.5 Å². The van der Waals surface area contributed by atoms with Gasteiger partial charge in [-0.3, -0.25) is 0 Å². The van der Waals surface area contributed by atoms with Gasteiger partial charge in [0.2, 0.25) is 0 Å². The number of aliphatic hydroxyl groups excluding tert-OH is 2. The number of hydrogen-bond donors (Lipinski definition) is 2. The summed E-state index contributed by atoms with van der Waals surface area (Å²) in [4.78, 5) is 0. The molecule has 2 unspecified atom stereocenters. The van der Waals surface area contributed by atoms with Crippen molar-refractivity contribution in [2.45, 2.75) is 122 Å². The summed E-state index contributed by atoms with van der Waals surface area (Å²) in [5, 5.41) is 18.8. The number of aliphatic hydroxyl groups is 2. The molecule has 2 rings (SSSR count). The molecule has 0 radical (unpaired) electrons. The summed E-state index contributed by atoms with van der Waals surface area (Å²) >= 11 is 0. The highest BCUT2D eigenvalue weighted by atomic mass is 16.3. The second-order valence-corrected chi connectivity index (χ2v) is 16.6. The van der Waals surface area contributed by atoms with Gasteiger partial charge in [0.1, 0.15) is 0 Å². The SMILES string of the molecule is CC1=C(/C=C/C(C)=C/C=C/C(C)=C/C=C/C=C(C)/C=C/C=C(C)/C=C/C2=C(C)CCC(C/C=C(\C)CO)C2(C)C)C(C)(C)C(C/C=C(\C)CO)CC1. The Kier molecular flexibility index (Phi) is 18.8. The van der Waals surface area contributed by atoms with E-state index < -0.39 is 0 Å². The molecule has 52 heavy (non-hydrogen) atoms. The molecule has 0 aliphatic heterocycles. The van der Waals surface area contributed by atoms with Crippen molar-refractivity contribution in [3.05, 3.63) is 153 Å². The van der Waals surface area contributed by atoms with Crippen molar-refractivity contribution >= 4 is 0 Å². The van der Waals surface area contributed by atoms with E-state index in [-0.39, 0.29) is 24.0 Å². The fourth-order valence-electron chi connectivity index (χ4n) is 7.44. The first-order chi connectivity index (χ1) is 24.5. The van der Waals surface area contributed by atoms with Crippen molar-refractivity contribution < 1.29 is 10.2 Å². The van der Waals surface area contributed by atoms with Crippen LogP contribution in [0.3, 0.4) is 0 Å². The Balaban J connectivity index is 1.96. The van der Waals surface area contributed by atoms with Crippen LogP contribution in [0.25, 0.3) is 0 Å². The molecule has 0 fully saturated rings. The molecule has 0 heterocycles. The first-order valence-electron chi connectivity index (χ1n) is 19.5. The lowest BCUT2D eigenvalue weighted by Crippen LogP contribution is -2.30. The van der Waals surface area contributed by atoms with Crippen LogP contribution in [0.5, 0.6) is 0 Å². The molecule has 284 valence electrons. The highest BCUT2D eigenvalue weighted by Gasteiger charge is 2.36. The molecule has 2 nitrogen and oxygen atoms in total. The molecule has 0 aromatic heterocycles. The summed E-state index contributed by atoms with van der Waals surface area (Å²) in [5.41, 5.74) is 13.1. The lowest BCUT2D eigenvalue weighted by Gasteiger charge is -2.41. The Labute approximate surface area is 319 Å². The largest absolute Gasteiger partial charge is 0.392 e. The first-order valence-corrected chi connectivity index (χ1v) is 19.5. The van der Waals surface area contributed by atoms with E-state index in [0.717, 1.165) is 36.8 Å². The zero-order chi connectivity index (χ0) is 38.9. The maximum absolute atomic E-state index is 9.41. The summed E-state index contributed by atoms with van der Waals surface area (Å²) in [7, 11) is 0. The number of rotatable bonds is 16. The minimum Gasteiger partial charge on any atom is -0.392 e. The average molecular weight is 705 g/mol. The summed E-state index contributed by atoms with van der Waals surface area (Å²) in [6, 6.07) is 0. The standard InChI is InChI=1S/C50H72O2/c1-37(19-15-21-39(3)25-33-47-43(7)27-31-45(49(47,9)10)29-23-41(5)35-51)17-13-14-18-38(2)20-16-22-40(4)26-34-48-44(8)28-32-46(50(48,11)12)30-24-42(6)36-52/h13-26,33-34,45-46,51-52H,27-32,35-36H2,1-12H3/b14-13+,19-15+,20-16+,33-25+,34-26+,37-17+,38-18+,39-21+,40-22+,41-23+,42-24+. The first kappa shape index (κ1) is 44.7. The molecule has 2 N–H and O–H groups in total. The van der Waals surface area contributed by atoms with Crippen LogP contribution in [0, 0.1) is 22.7 Å². The van der Waals surface area contributed by atoms with Crippen LogP contribution < -0.4 is 0 Å². The van der Waals surface area contributed by atoms with Crippen molar-refractivity contribution in [1.82, 2.24) is 0 Å². The minimum absolute atomic E-state index is 0.107. The predicted molar refractivity (Wildman–Crippen MR) is 230 cm³/mol. The van der Waals surface area contributed by atoms with E-state index in [1.165, 1.54) is 57.4 Å². The van der Waals surface area contributed by atoms with Gasteiger partial charge in [-0.05, 0) is 128 Å². The molecule has 0 spiro atoms. The molecule has 0 amide bonds. The maximum Gasteiger partial charge on any atom is 0.0639 e. The van der Waals surface area contributed by atoms with Gasteiger partial charge in [0, 0.05) is 0 Å². The zero-order valence-corrected chi connectivity index (χ0v) is 34.9. The van der Waals surface area contributed by atoms with Crippen molar-refractivity contribution in [2.24, 2.45) is 22.7 Å². The maximum atomic E-state index is 9.41. The Morgan fingerprint density at radius 2 is 0.865 bits per heavy atom. The summed E-state index contributed by atoms with van der Waals surface area (Å²) in [5.74, 6) is 1.16. The van der Waals surface area contributed by atoms with Gasteiger partial charge in [-0.15, -0.1) is 0 Å². The average Bonchev–Trinajstić information content (AvgIpc) is 3.08. The van der Waals surface area contributed by atoms with Gasteiger partial charge < -0.3 is 10.2 Å². The van der Waals surface area contributed by atoms with Crippen molar-refractivity contribution in [3.8, 4) is 0 Å². The lowest BCUT2D eigenvalue weighted by molar-refractivity contribution is 0.235. The van der Waals surface area contributed by atoms with Crippen molar-refractivity contribution in [2.75, 3.05) is 13.2 Å². The third-order valence-corrected chi connectivity index (χ3v) is 11.4. The van der Waals surface area contributed by atoms with Gasteiger partial charge in [-0.1, -0.05) is 169 Å². The molecule has 0 saturated carbocycles. The third kappa shape index (κ3) is 14.5. The molecule has 0 aromatic carbocycles. The van der Waals surface area contributed by atoms with Crippen LogP contribution in [0.4, 0.5) is 0 Å². The zero-order valence-electron chi connectivity index (χ0n) is 34.9. The van der Waals surface area contributed by atoms with Crippen LogP contribution in [0.1, 0.15) is 122 Å². The van der Waals surface area contributed by atoms with Crippen LogP contribution in [0.2, 0.25) is 0 Å². The van der Waals surface area contributed by atoms with E-state index in [2.05, 4.69) is 166 Å². The Bertz CT molecular complexity index is 1490. The predicted octanol–water partition coefficient (Wildman–Crippen LogP) is 13.7. The monoisotopic (exact) mass is 705 g/mol. The summed E-state index contributed by atoms with van der Waals surface area (Å²) in [6.07, 6.45) is 41.8. The molecule has 2 atom stereocenters. The minimum atomic E-state index is 0.107. The van der Waals surface area contributed by atoms with Gasteiger partial charge >= 0.3 is 0 Å². The van der Waals surface area contributed by atoms with E-state index >= 15 is 0 Å². The fourth-order valence-corrected chi connectivity index (χ4v) is 7.44. The smallest absolute Gasteiger partial charge is 0.0639 e. The second-order valence-electron chi connectivity index (χ2n) is 16.6. The van der Waals surface area contributed by atoms with Crippen LogP contribution in [-0.2, 0) is 0 Å². The van der Waals surface area contributed by atoms with Crippen LogP contribution in [0.15, 0.2) is 153 Å². The second kappa shape index (κ2) is 21.9. The van der Waals surface area contributed by atoms with Gasteiger partial charge in [-0.2, -0.15) is 0 Å². The number of hydrogen-bond acceptors (Lipinski definition) is 2. The van der Waals surface area contributed by atoms with E-state index in [1.807, 2.05) is 13.8 Å². The molecular formula is C50H72O2.